The molecule has 0 aliphatic rings. The van der Waals surface area contributed by atoms with Crippen molar-refractivity contribution >= 4 is 11.6 Å². The van der Waals surface area contributed by atoms with Gasteiger partial charge >= 0.3 is 5.69 Å². The van der Waals surface area contributed by atoms with Gasteiger partial charge in [-0.2, -0.15) is 4.39 Å². The molecule has 18 heavy (non-hydrogen) atoms. The summed E-state index contributed by atoms with van der Waals surface area (Å²) in [5, 5.41) is 9.81. The second-order valence-corrected chi connectivity index (χ2v) is 3.98. The normalized spacial score (nSPS) is 10.6. The predicted octanol–water partition coefficient (Wildman–Crippen LogP) is 1.08. The summed E-state index contributed by atoms with van der Waals surface area (Å²) in [4.78, 5) is 24.1. The molecule has 1 heterocycles. The van der Waals surface area contributed by atoms with E-state index in [1.807, 2.05) is 0 Å². The fraction of sp³-hybridized carbons (Fsp3) is 0.0909. The Labute approximate surface area is 105 Å². The Kier molecular flexibility index (Phi) is 3.20. The summed E-state index contributed by atoms with van der Waals surface area (Å²) in [5.41, 5.74) is -1.64. The largest absolute Gasteiger partial charge is 0.492 e. The zero-order valence-electron chi connectivity index (χ0n) is 8.98. The Bertz CT molecular complexity index is 708. The zero-order valence-corrected chi connectivity index (χ0v) is 9.74. The summed E-state index contributed by atoms with van der Waals surface area (Å²) in [6.45, 7) is -0.141. The van der Waals surface area contributed by atoms with Crippen LogP contribution in [0.15, 0.2) is 33.9 Å². The smallest absolute Gasteiger partial charge is 0.331 e. The minimum Gasteiger partial charge on any atom is -0.492 e. The molecule has 0 fully saturated rings. The molecule has 0 saturated heterocycles. The Morgan fingerprint density at radius 2 is 2.00 bits per heavy atom. The van der Waals surface area contributed by atoms with E-state index in [4.69, 9.17) is 11.6 Å². The summed E-state index contributed by atoms with van der Waals surface area (Å²) in [6, 6.07) is 6.60. The van der Waals surface area contributed by atoms with Gasteiger partial charge < -0.3 is 5.11 Å². The third-order valence-electron chi connectivity index (χ3n) is 2.40. The van der Waals surface area contributed by atoms with Gasteiger partial charge in [0.05, 0.1) is 6.54 Å². The van der Waals surface area contributed by atoms with Crippen molar-refractivity contribution in [3.8, 4) is 5.88 Å². The molecule has 0 aliphatic heterocycles. The van der Waals surface area contributed by atoms with E-state index in [9.17, 15) is 19.1 Å². The van der Waals surface area contributed by atoms with E-state index in [1.165, 1.54) is 0 Å². The standard InChI is InChI=1S/C11H8ClFN2O3/c12-7-4-2-1-3-6(7)5-15-10(17)8(13)9(16)14-11(15)18/h1-4,17H,5H2,(H,14,16,18). The molecule has 0 spiro atoms. The minimum atomic E-state index is -1.40. The van der Waals surface area contributed by atoms with Crippen molar-refractivity contribution in [2.24, 2.45) is 0 Å². The van der Waals surface area contributed by atoms with E-state index in [-0.39, 0.29) is 6.54 Å². The van der Waals surface area contributed by atoms with E-state index in [0.717, 1.165) is 0 Å². The van der Waals surface area contributed by atoms with Crippen molar-refractivity contribution < 1.29 is 9.50 Å². The highest BCUT2D eigenvalue weighted by atomic mass is 35.5. The van der Waals surface area contributed by atoms with Crippen LogP contribution in [0.2, 0.25) is 5.02 Å². The predicted molar refractivity (Wildman–Crippen MR) is 63.5 cm³/mol. The lowest BCUT2D eigenvalue weighted by Crippen LogP contribution is -2.32. The monoisotopic (exact) mass is 270 g/mol. The van der Waals surface area contributed by atoms with Crippen LogP contribution in [0.5, 0.6) is 5.88 Å². The van der Waals surface area contributed by atoms with Crippen molar-refractivity contribution in [2.45, 2.75) is 6.54 Å². The summed E-state index contributed by atoms with van der Waals surface area (Å²) < 4.78 is 13.9. The molecule has 7 heteroatoms. The molecule has 0 aliphatic carbocycles. The average molecular weight is 271 g/mol. The van der Waals surface area contributed by atoms with Gasteiger partial charge in [-0.15, -0.1) is 0 Å². The van der Waals surface area contributed by atoms with Gasteiger partial charge in [0.2, 0.25) is 11.7 Å². The number of aromatic nitrogens is 2. The van der Waals surface area contributed by atoms with Gasteiger partial charge in [0, 0.05) is 5.02 Å². The molecule has 5 nitrogen and oxygen atoms in total. The van der Waals surface area contributed by atoms with Crippen molar-refractivity contribution in [2.75, 3.05) is 0 Å². The number of hydrogen-bond donors (Lipinski definition) is 2. The number of halogens is 2. The minimum absolute atomic E-state index is 0.141. The van der Waals surface area contributed by atoms with Crippen molar-refractivity contribution in [1.82, 2.24) is 9.55 Å². The lowest BCUT2D eigenvalue weighted by molar-refractivity contribution is 0.367. The van der Waals surface area contributed by atoms with Crippen LogP contribution in [0.1, 0.15) is 5.56 Å². The highest BCUT2D eigenvalue weighted by molar-refractivity contribution is 6.31. The molecule has 2 rings (SSSR count). The van der Waals surface area contributed by atoms with Gasteiger partial charge in [0.15, 0.2) is 0 Å². The maximum Gasteiger partial charge on any atom is 0.331 e. The van der Waals surface area contributed by atoms with Gasteiger partial charge in [-0.25, -0.2) is 4.79 Å². The quantitative estimate of drug-likeness (QED) is 0.857. The van der Waals surface area contributed by atoms with Crippen LogP contribution in [0.4, 0.5) is 4.39 Å². The van der Waals surface area contributed by atoms with Crippen LogP contribution in [0, 0.1) is 5.82 Å². The van der Waals surface area contributed by atoms with Crippen LogP contribution < -0.4 is 11.2 Å². The number of rotatable bonds is 2. The van der Waals surface area contributed by atoms with Gasteiger partial charge in [0.25, 0.3) is 5.56 Å². The first-order chi connectivity index (χ1) is 8.50. The molecular formula is C11H8ClFN2O3. The maximum atomic E-state index is 13.2. The van der Waals surface area contributed by atoms with Crippen molar-refractivity contribution in [1.29, 1.82) is 0 Å². The molecule has 1 aromatic carbocycles. The maximum absolute atomic E-state index is 13.2. The first-order valence-electron chi connectivity index (χ1n) is 4.95. The fourth-order valence-corrected chi connectivity index (χ4v) is 1.67. The van der Waals surface area contributed by atoms with Crippen LogP contribution >= 0.6 is 11.6 Å². The molecule has 0 atom stereocenters. The van der Waals surface area contributed by atoms with Crippen LogP contribution in [0.25, 0.3) is 0 Å². The molecule has 0 amide bonds. The topological polar surface area (TPSA) is 75.1 Å². The van der Waals surface area contributed by atoms with Crippen molar-refractivity contribution in [3.05, 3.63) is 61.5 Å². The average Bonchev–Trinajstić information content (AvgIpc) is 2.34. The van der Waals surface area contributed by atoms with Gasteiger partial charge in [0.1, 0.15) is 0 Å². The number of H-pyrrole nitrogens is 1. The first-order valence-corrected chi connectivity index (χ1v) is 5.33. The van der Waals surface area contributed by atoms with Crippen LogP contribution in [-0.2, 0) is 6.54 Å². The Balaban J connectivity index is 2.55. The van der Waals surface area contributed by atoms with Crippen molar-refractivity contribution in [3.63, 3.8) is 0 Å². The van der Waals surface area contributed by atoms with E-state index in [0.29, 0.717) is 15.2 Å². The van der Waals surface area contributed by atoms with E-state index < -0.39 is 22.9 Å². The zero-order chi connectivity index (χ0) is 13.3. The third kappa shape index (κ3) is 2.14. The Morgan fingerprint density at radius 1 is 1.33 bits per heavy atom. The lowest BCUT2D eigenvalue weighted by Gasteiger charge is -2.09. The second-order valence-electron chi connectivity index (χ2n) is 3.57. The molecule has 0 radical (unpaired) electrons. The molecule has 0 bridgehead atoms. The van der Waals surface area contributed by atoms with Crippen LogP contribution in [0.3, 0.4) is 0 Å². The summed E-state index contributed by atoms with van der Waals surface area (Å²) in [5.74, 6) is -2.41. The molecule has 0 saturated carbocycles. The number of hydrogen-bond acceptors (Lipinski definition) is 3. The first kappa shape index (κ1) is 12.4. The van der Waals surface area contributed by atoms with E-state index in [1.54, 1.807) is 29.2 Å². The van der Waals surface area contributed by atoms with Gasteiger partial charge in [-0.3, -0.25) is 14.3 Å². The summed E-state index contributed by atoms with van der Waals surface area (Å²) in [7, 11) is 0. The lowest BCUT2D eigenvalue weighted by atomic mass is 10.2. The fourth-order valence-electron chi connectivity index (χ4n) is 1.48. The SMILES string of the molecule is O=c1[nH]c(=O)n(Cc2ccccc2Cl)c(O)c1F. The molecular weight excluding hydrogens is 263 g/mol. The molecule has 1 aromatic heterocycles. The molecule has 2 N–H and O–H groups in total. The summed E-state index contributed by atoms with van der Waals surface area (Å²) in [6.07, 6.45) is 0. The highest BCUT2D eigenvalue weighted by Gasteiger charge is 2.14. The van der Waals surface area contributed by atoms with E-state index >= 15 is 0 Å². The highest BCUT2D eigenvalue weighted by Crippen LogP contribution is 2.17. The Hall–Kier alpha value is -2.08. The van der Waals surface area contributed by atoms with Gasteiger partial charge in [-0.05, 0) is 11.6 Å². The number of aromatic amines is 1. The molecule has 0 unspecified atom stereocenters. The van der Waals surface area contributed by atoms with Gasteiger partial charge in [-0.1, -0.05) is 29.8 Å². The molecule has 94 valence electrons. The summed E-state index contributed by atoms with van der Waals surface area (Å²) >= 11 is 5.89. The number of nitrogens with zero attached hydrogens (tertiary/aromatic N) is 1. The Morgan fingerprint density at radius 3 is 2.67 bits per heavy atom. The number of benzene rings is 1. The number of nitrogens with one attached hydrogen (secondary N) is 1. The van der Waals surface area contributed by atoms with Crippen LogP contribution in [-0.4, -0.2) is 14.7 Å². The third-order valence-corrected chi connectivity index (χ3v) is 2.77. The molecule has 2 aromatic rings. The number of aromatic hydroxyl groups is 1. The van der Waals surface area contributed by atoms with E-state index in [2.05, 4.69) is 0 Å². The second kappa shape index (κ2) is 4.66.